The molecule has 1 atom stereocenters. The SMILES string of the molecule is CC(=O)N(Cc1noc(C)n1)[C@@H]1CCN(Cc2ccn(C)c(=O)c2)C1. The number of rotatable bonds is 5. The fraction of sp³-hybridized carbons (Fsp3) is 0.529. The Morgan fingerprint density at radius 3 is 2.92 bits per heavy atom. The lowest BCUT2D eigenvalue weighted by Gasteiger charge is -2.27. The van der Waals surface area contributed by atoms with Gasteiger partial charge in [0.2, 0.25) is 11.8 Å². The summed E-state index contributed by atoms with van der Waals surface area (Å²) in [4.78, 5) is 32.1. The Hall–Kier alpha value is -2.48. The van der Waals surface area contributed by atoms with E-state index in [-0.39, 0.29) is 17.5 Å². The summed E-state index contributed by atoms with van der Waals surface area (Å²) in [5, 5.41) is 3.88. The zero-order chi connectivity index (χ0) is 18.0. The fourth-order valence-corrected chi connectivity index (χ4v) is 3.21. The molecule has 1 fully saturated rings. The maximum Gasteiger partial charge on any atom is 0.250 e. The van der Waals surface area contributed by atoms with Crippen LogP contribution in [0.15, 0.2) is 27.6 Å². The van der Waals surface area contributed by atoms with Crippen LogP contribution < -0.4 is 5.56 Å². The van der Waals surface area contributed by atoms with E-state index in [9.17, 15) is 9.59 Å². The molecule has 134 valence electrons. The van der Waals surface area contributed by atoms with Crippen molar-refractivity contribution in [1.29, 1.82) is 0 Å². The molecule has 0 saturated carbocycles. The van der Waals surface area contributed by atoms with E-state index in [1.165, 1.54) is 0 Å². The molecule has 8 heteroatoms. The van der Waals surface area contributed by atoms with E-state index in [1.54, 1.807) is 42.6 Å². The quantitative estimate of drug-likeness (QED) is 0.793. The first-order valence-corrected chi connectivity index (χ1v) is 8.36. The summed E-state index contributed by atoms with van der Waals surface area (Å²) in [5.41, 5.74) is 0.984. The van der Waals surface area contributed by atoms with Crippen LogP contribution in [0.25, 0.3) is 0 Å². The number of hydrogen-bond acceptors (Lipinski definition) is 6. The molecule has 0 spiro atoms. The minimum Gasteiger partial charge on any atom is -0.340 e. The molecule has 1 saturated heterocycles. The van der Waals surface area contributed by atoms with Crippen LogP contribution in [0.5, 0.6) is 0 Å². The third-order valence-corrected chi connectivity index (χ3v) is 4.55. The second-order valence-corrected chi connectivity index (χ2v) is 6.54. The molecule has 8 nitrogen and oxygen atoms in total. The van der Waals surface area contributed by atoms with Crippen molar-refractivity contribution in [2.24, 2.45) is 7.05 Å². The summed E-state index contributed by atoms with van der Waals surface area (Å²) in [6.45, 7) is 6.02. The molecule has 0 unspecified atom stereocenters. The molecule has 3 heterocycles. The van der Waals surface area contributed by atoms with Crippen LogP contribution in [0, 0.1) is 6.92 Å². The molecule has 0 N–H and O–H groups in total. The Balaban J connectivity index is 1.64. The molecule has 3 rings (SSSR count). The number of likely N-dealkylation sites (tertiary alicyclic amines) is 1. The second-order valence-electron chi connectivity index (χ2n) is 6.54. The maximum absolute atomic E-state index is 12.1. The summed E-state index contributed by atoms with van der Waals surface area (Å²) in [6, 6.07) is 3.74. The van der Waals surface area contributed by atoms with Crippen LogP contribution in [0.1, 0.15) is 30.6 Å². The molecule has 0 aliphatic carbocycles. The Kier molecular flexibility index (Phi) is 4.98. The molecule has 25 heavy (non-hydrogen) atoms. The minimum absolute atomic E-state index is 0.00267. The number of aromatic nitrogens is 3. The highest BCUT2D eigenvalue weighted by molar-refractivity contribution is 5.73. The normalized spacial score (nSPS) is 17.8. The molecule has 0 aromatic carbocycles. The van der Waals surface area contributed by atoms with Gasteiger partial charge in [-0.15, -0.1) is 0 Å². The zero-order valence-corrected chi connectivity index (χ0v) is 14.8. The number of pyridine rings is 1. The summed E-state index contributed by atoms with van der Waals surface area (Å²) in [7, 11) is 1.74. The molecular formula is C17H23N5O3. The van der Waals surface area contributed by atoms with Crippen molar-refractivity contribution < 1.29 is 9.32 Å². The van der Waals surface area contributed by atoms with Gasteiger partial charge in [-0.2, -0.15) is 4.98 Å². The molecule has 2 aromatic heterocycles. The van der Waals surface area contributed by atoms with Gasteiger partial charge in [-0.05, 0) is 18.1 Å². The summed E-state index contributed by atoms with van der Waals surface area (Å²) < 4.78 is 6.54. The third kappa shape index (κ3) is 4.14. The van der Waals surface area contributed by atoms with Crippen LogP contribution in [-0.2, 0) is 24.9 Å². The summed E-state index contributed by atoms with van der Waals surface area (Å²) in [5.74, 6) is 1.03. The van der Waals surface area contributed by atoms with Crippen molar-refractivity contribution in [2.75, 3.05) is 13.1 Å². The Bertz CT molecular complexity index is 813. The van der Waals surface area contributed by atoms with Gasteiger partial charge in [0.25, 0.3) is 5.56 Å². The van der Waals surface area contributed by atoms with E-state index in [0.29, 0.717) is 24.8 Å². The molecule has 1 aliphatic rings. The highest BCUT2D eigenvalue weighted by atomic mass is 16.5. The van der Waals surface area contributed by atoms with Crippen LogP contribution in [0.3, 0.4) is 0 Å². The first-order valence-electron chi connectivity index (χ1n) is 8.36. The van der Waals surface area contributed by atoms with Crippen LogP contribution >= 0.6 is 0 Å². The van der Waals surface area contributed by atoms with E-state index >= 15 is 0 Å². The first-order chi connectivity index (χ1) is 11.9. The highest BCUT2D eigenvalue weighted by Gasteiger charge is 2.30. The lowest BCUT2D eigenvalue weighted by Crippen LogP contribution is -2.40. The Morgan fingerprint density at radius 2 is 2.28 bits per heavy atom. The largest absolute Gasteiger partial charge is 0.340 e. The average molecular weight is 345 g/mol. The van der Waals surface area contributed by atoms with Crippen molar-refractivity contribution in [3.05, 3.63) is 46.0 Å². The smallest absolute Gasteiger partial charge is 0.250 e. The fourth-order valence-electron chi connectivity index (χ4n) is 3.21. The van der Waals surface area contributed by atoms with Gasteiger partial charge in [-0.3, -0.25) is 14.5 Å². The van der Waals surface area contributed by atoms with Gasteiger partial charge in [-0.25, -0.2) is 0 Å². The molecule has 1 aliphatic heterocycles. The predicted molar refractivity (Wildman–Crippen MR) is 90.6 cm³/mol. The average Bonchev–Trinajstić information content (AvgIpc) is 3.17. The first kappa shape index (κ1) is 17.3. The number of nitrogens with zero attached hydrogens (tertiary/aromatic N) is 5. The van der Waals surface area contributed by atoms with Crippen LogP contribution in [-0.4, -0.2) is 49.5 Å². The Labute approximate surface area is 146 Å². The van der Waals surface area contributed by atoms with Gasteiger partial charge in [0.05, 0.1) is 6.54 Å². The van der Waals surface area contributed by atoms with E-state index in [4.69, 9.17) is 4.52 Å². The lowest BCUT2D eigenvalue weighted by molar-refractivity contribution is -0.131. The van der Waals surface area contributed by atoms with Gasteiger partial charge in [0.15, 0.2) is 5.82 Å². The van der Waals surface area contributed by atoms with E-state index < -0.39 is 0 Å². The zero-order valence-electron chi connectivity index (χ0n) is 14.8. The van der Waals surface area contributed by atoms with Crippen molar-refractivity contribution in [2.45, 2.75) is 39.4 Å². The van der Waals surface area contributed by atoms with Gasteiger partial charge >= 0.3 is 0 Å². The topological polar surface area (TPSA) is 84.5 Å². The second kappa shape index (κ2) is 7.18. The van der Waals surface area contributed by atoms with Gasteiger partial charge in [0.1, 0.15) is 0 Å². The molecular weight excluding hydrogens is 322 g/mol. The number of carbonyl (C=O) groups excluding carboxylic acids is 1. The third-order valence-electron chi connectivity index (χ3n) is 4.55. The van der Waals surface area contributed by atoms with Crippen molar-refractivity contribution in [3.8, 4) is 0 Å². The monoisotopic (exact) mass is 345 g/mol. The lowest BCUT2D eigenvalue weighted by atomic mass is 10.2. The van der Waals surface area contributed by atoms with E-state index in [0.717, 1.165) is 25.1 Å². The molecule has 0 bridgehead atoms. The van der Waals surface area contributed by atoms with Crippen LogP contribution in [0.4, 0.5) is 0 Å². The van der Waals surface area contributed by atoms with Crippen molar-refractivity contribution in [1.82, 2.24) is 24.5 Å². The number of amides is 1. The summed E-state index contributed by atoms with van der Waals surface area (Å²) >= 11 is 0. The minimum atomic E-state index is -0.00825. The van der Waals surface area contributed by atoms with Gasteiger partial charge in [0, 0.05) is 58.8 Å². The molecule has 2 aromatic rings. The standard InChI is InChI=1S/C17H23N5O3/c1-12-18-16(19-25-12)11-22(13(2)23)15-5-7-21(10-15)9-14-4-6-20(3)17(24)8-14/h4,6,8,15H,5,7,9-11H2,1-3H3/t15-/m1/s1. The summed E-state index contributed by atoms with van der Waals surface area (Å²) in [6.07, 6.45) is 2.67. The predicted octanol–water partition coefficient (Wildman–Crippen LogP) is 0.700. The molecule has 1 amide bonds. The van der Waals surface area contributed by atoms with Crippen LogP contribution in [0.2, 0.25) is 0 Å². The number of hydrogen-bond donors (Lipinski definition) is 0. The Morgan fingerprint density at radius 1 is 1.48 bits per heavy atom. The highest BCUT2D eigenvalue weighted by Crippen LogP contribution is 2.19. The molecule has 0 radical (unpaired) electrons. The van der Waals surface area contributed by atoms with Gasteiger partial charge in [-0.1, -0.05) is 5.16 Å². The van der Waals surface area contributed by atoms with E-state index in [1.807, 2.05) is 6.07 Å². The number of carbonyl (C=O) groups is 1. The van der Waals surface area contributed by atoms with Crippen molar-refractivity contribution >= 4 is 5.91 Å². The van der Waals surface area contributed by atoms with E-state index in [2.05, 4.69) is 15.0 Å². The van der Waals surface area contributed by atoms with Gasteiger partial charge < -0.3 is 14.0 Å². The maximum atomic E-state index is 12.1. The van der Waals surface area contributed by atoms with Crippen molar-refractivity contribution in [3.63, 3.8) is 0 Å². The number of aryl methyl sites for hydroxylation is 2.